The molecule has 0 saturated carbocycles. The Morgan fingerprint density at radius 3 is 2.88 bits per heavy atom. The lowest BCUT2D eigenvalue weighted by molar-refractivity contribution is 0.0387. The van der Waals surface area contributed by atoms with Crippen molar-refractivity contribution in [1.29, 1.82) is 0 Å². The number of halogens is 1. The molecule has 0 bridgehead atoms. The smallest absolute Gasteiger partial charge is 0.251 e. The Hall–Kier alpha value is 0.0500. The molecule has 1 unspecified atom stereocenters. The Bertz CT molecular complexity index is 491. The minimum atomic E-state index is -3.46. The fraction of sp³-hybridized carbons (Fsp3) is 0.600. The van der Waals surface area contributed by atoms with Crippen molar-refractivity contribution < 1.29 is 13.2 Å². The first-order chi connectivity index (χ1) is 7.93. The van der Waals surface area contributed by atoms with Crippen molar-refractivity contribution in [1.82, 2.24) is 4.72 Å². The van der Waals surface area contributed by atoms with Gasteiger partial charge in [-0.1, -0.05) is 0 Å². The molecule has 0 aliphatic carbocycles. The van der Waals surface area contributed by atoms with Gasteiger partial charge in [0, 0.05) is 11.1 Å². The highest BCUT2D eigenvalue weighted by molar-refractivity contribution is 9.10. The highest BCUT2D eigenvalue weighted by atomic mass is 79.9. The first-order valence-corrected chi connectivity index (χ1v) is 8.43. The number of hydrogen-bond donors (Lipinski definition) is 1. The number of hydrogen-bond acceptors (Lipinski definition) is 4. The minimum Gasteiger partial charge on any atom is -0.380 e. The van der Waals surface area contributed by atoms with E-state index in [0.29, 0.717) is 21.9 Å². The zero-order chi connectivity index (χ0) is 12.5. The molecule has 1 N–H and O–H groups in total. The number of thiophene rings is 1. The van der Waals surface area contributed by atoms with E-state index in [1.807, 2.05) is 6.92 Å². The topological polar surface area (TPSA) is 55.4 Å². The maximum absolute atomic E-state index is 12.2. The normalized spacial score (nSPS) is 26.0. The quantitative estimate of drug-likeness (QED) is 0.919. The Morgan fingerprint density at radius 1 is 1.59 bits per heavy atom. The largest absolute Gasteiger partial charge is 0.380 e. The van der Waals surface area contributed by atoms with Crippen LogP contribution in [0.5, 0.6) is 0 Å². The SMILES string of the molecule is CC1(NS(=O)(=O)c2sccc2Br)CCCOC1. The Morgan fingerprint density at radius 2 is 2.35 bits per heavy atom. The van der Waals surface area contributed by atoms with Crippen LogP contribution in [0.2, 0.25) is 0 Å². The summed E-state index contributed by atoms with van der Waals surface area (Å²) in [7, 11) is -3.46. The third-order valence-electron chi connectivity index (χ3n) is 2.65. The zero-order valence-corrected chi connectivity index (χ0v) is 12.6. The molecule has 7 heteroatoms. The molecule has 2 rings (SSSR count). The molecule has 2 heterocycles. The zero-order valence-electron chi connectivity index (χ0n) is 9.40. The molecule has 1 atom stereocenters. The van der Waals surface area contributed by atoms with Gasteiger partial charge in [-0.3, -0.25) is 0 Å². The van der Waals surface area contributed by atoms with Crippen molar-refractivity contribution in [3.05, 3.63) is 15.9 Å². The van der Waals surface area contributed by atoms with E-state index >= 15 is 0 Å². The van der Waals surface area contributed by atoms with Crippen molar-refractivity contribution in [2.75, 3.05) is 13.2 Å². The van der Waals surface area contributed by atoms with Gasteiger partial charge in [0.2, 0.25) is 0 Å². The lowest BCUT2D eigenvalue weighted by Gasteiger charge is -2.33. The molecule has 1 aromatic rings. The molecule has 0 aromatic carbocycles. The second-order valence-electron chi connectivity index (χ2n) is 4.38. The van der Waals surface area contributed by atoms with Crippen LogP contribution in [0.3, 0.4) is 0 Å². The molecule has 1 aromatic heterocycles. The molecule has 0 radical (unpaired) electrons. The van der Waals surface area contributed by atoms with Crippen molar-refractivity contribution >= 4 is 37.3 Å². The summed E-state index contributed by atoms with van der Waals surface area (Å²) in [5, 5.41) is 1.75. The van der Waals surface area contributed by atoms with Gasteiger partial charge in [0.05, 0.1) is 12.1 Å². The molecule has 4 nitrogen and oxygen atoms in total. The summed E-state index contributed by atoms with van der Waals surface area (Å²) in [5.41, 5.74) is -0.499. The van der Waals surface area contributed by atoms with Crippen LogP contribution in [-0.4, -0.2) is 27.2 Å². The predicted octanol–water partition coefficient (Wildman–Crippen LogP) is 2.36. The standard InChI is InChI=1S/C10H14BrNO3S2/c1-10(4-2-5-15-7-10)12-17(13,14)9-8(11)3-6-16-9/h3,6,12H,2,4-5,7H2,1H3. The van der Waals surface area contributed by atoms with Gasteiger partial charge in [-0.25, -0.2) is 13.1 Å². The molecule has 0 spiro atoms. The highest BCUT2D eigenvalue weighted by Crippen LogP contribution is 2.29. The maximum Gasteiger partial charge on any atom is 0.251 e. The summed E-state index contributed by atoms with van der Waals surface area (Å²) < 4.78 is 33.4. The van der Waals surface area contributed by atoms with Crippen LogP contribution in [0.1, 0.15) is 19.8 Å². The van der Waals surface area contributed by atoms with Crippen LogP contribution in [0, 0.1) is 0 Å². The molecule has 17 heavy (non-hydrogen) atoms. The molecule has 1 aliphatic rings. The van der Waals surface area contributed by atoms with E-state index in [2.05, 4.69) is 20.7 Å². The summed E-state index contributed by atoms with van der Waals surface area (Å²) in [4.78, 5) is 0. The summed E-state index contributed by atoms with van der Waals surface area (Å²) in [6, 6.07) is 1.74. The summed E-state index contributed by atoms with van der Waals surface area (Å²) in [5.74, 6) is 0. The molecule has 96 valence electrons. The first kappa shape index (κ1) is 13.5. The van der Waals surface area contributed by atoms with Gasteiger partial charge in [-0.2, -0.15) is 0 Å². The second-order valence-corrected chi connectivity index (χ2v) is 8.03. The van der Waals surface area contributed by atoms with Crippen LogP contribution < -0.4 is 4.72 Å². The van der Waals surface area contributed by atoms with E-state index in [-0.39, 0.29) is 0 Å². The van der Waals surface area contributed by atoms with Crippen LogP contribution in [-0.2, 0) is 14.8 Å². The number of sulfonamides is 1. The number of ether oxygens (including phenoxy) is 1. The molecular formula is C10H14BrNO3S2. The fourth-order valence-electron chi connectivity index (χ4n) is 1.86. The summed E-state index contributed by atoms with van der Waals surface area (Å²) in [6.45, 7) is 3.01. The molecule has 1 aliphatic heterocycles. The predicted molar refractivity (Wildman–Crippen MR) is 70.8 cm³/mol. The monoisotopic (exact) mass is 339 g/mol. The van der Waals surface area contributed by atoms with Crippen LogP contribution in [0.15, 0.2) is 20.1 Å². The van der Waals surface area contributed by atoms with E-state index in [4.69, 9.17) is 4.74 Å². The highest BCUT2D eigenvalue weighted by Gasteiger charge is 2.34. The average Bonchev–Trinajstić information content (AvgIpc) is 2.64. The van der Waals surface area contributed by atoms with Gasteiger partial charge in [0.1, 0.15) is 4.21 Å². The summed E-state index contributed by atoms with van der Waals surface area (Å²) >= 11 is 4.45. The van der Waals surface area contributed by atoms with Gasteiger partial charge in [0.25, 0.3) is 10.0 Å². The number of nitrogens with one attached hydrogen (secondary N) is 1. The third kappa shape index (κ3) is 3.08. The maximum atomic E-state index is 12.2. The Kier molecular flexibility index (Phi) is 3.94. The van der Waals surface area contributed by atoms with E-state index in [1.165, 1.54) is 11.3 Å². The third-order valence-corrected chi connectivity index (χ3v) is 6.96. The van der Waals surface area contributed by atoms with Gasteiger partial charge in [0.15, 0.2) is 0 Å². The lowest BCUT2D eigenvalue weighted by Crippen LogP contribution is -2.51. The van der Waals surface area contributed by atoms with Crippen LogP contribution >= 0.6 is 27.3 Å². The minimum absolute atomic E-state index is 0.323. The van der Waals surface area contributed by atoms with E-state index in [0.717, 1.165) is 12.8 Å². The molecule has 0 amide bonds. The molecule has 1 saturated heterocycles. The summed E-state index contributed by atoms with van der Waals surface area (Å²) in [6.07, 6.45) is 1.68. The molecular weight excluding hydrogens is 326 g/mol. The average molecular weight is 340 g/mol. The van der Waals surface area contributed by atoms with E-state index in [1.54, 1.807) is 11.4 Å². The van der Waals surface area contributed by atoms with E-state index in [9.17, 15) is 8.42 Å². The van der Waals surface area contributed by atoms with Crippen molar-refractivity contribution in [2.45, 2.75) is 29.5 Å². The lowest BCUT2D eigenvalue weighted by atomic mass is 9.97. The van der Waals surface area contributed by atoms with Gasteiger partial charge >= 0.3 is 0 Å². The van der Waals surface area contributed by atoms with Crippen molar-refractivity contribution in [2.24, 2.45) is 0 Å². The van der Waals surface area contributed by atoms with Crippen LogP contribution in [0.4, 0.5) is 0 Å². The fourth-order valence-corrected chi connectivity index (χ4v) is 5.62. The van der Waals surface area contributed by atoms with E-state index < -0.39 is 15.6 Å². The van der Waals surface area contributed by atoms with Gasteiger partial charge < -0.3 is 4.74 Å². The van der Waals surface area contributed by atoms with Crippen molar-refractivity contribution in [3.63, 3.8) is 0 Å². The molecule has 1 fully saturated rings. The van der Waals surface area contributed by atoms with Crippen LogP contribution in [0.25, 0.3) is 0 Å². The number of rotatable bonds is 3. The second kappa shape index (κ2) is 4.97. The van der Waals surface area contributed by atoms with Gasteiger partial charge in [-0.15, -0.1) is 11.3 Å². The Balaban J connectivity index is 2.20. The Labute approximate surface area is 114 Å². The first-order valence-electron chi connectivity index (χ1n) is 5.28. The van der Waals surface area contributed by atoms with Crippen molar-refractivity contribution in [3.8, 4) is 0 Å². The van der Waals surface area contributed by atoms with Gasteiger partial charge in [-0.05, 0) is 47.1 Å².